The monoisotopic (exact) mass is 550 g/mol. The minimum atomic E-state index is -3.66. The number of ether oxygens (including phenoxy) is 1. The molecule has 0 bridgehead atoms. The molecule has 5 nitrogen and oxygen atoms in total. The van der Waals surface area contributed by atoms with Gasteiger partial charge in [-0.05, 0) is 99.2 Å². The van der Waals surface area contributed by atoms with E-state index in [0.29, 0.717) is 22.6 Å². The average molecular weight is 551 g/mol. The molecule has 0 spiro atoms. The third-order valence-electron chi connectivity index (χ3n) is 7.49. The van der Waals surface area contributed by atoms with Gasteiger partial charge in [-0.25, -0.2) is 12.4 Å². The molecule has 1 aliphatic carbocycles. The van der Waals surface area contributed by atoms with E-state index in [4.69, 9.17) is 16.3 Å². The van der Waals surface area contributed by atoms with E-state index in [1.807, 2.05) is 55.5 Å². The van der Waals surface area contributed by atoms with Crippen LogP contribution in [0.4, 0.5) is 0 Å². The van der Waals surface area contributed by atoms with E-state index < -0.39 is 10.0 Å². The molecule has 4 aromatic rings. The maximum absolute atomic E-state index is 13.4. The fourth-order valence-electron chi connectivity index (χ4n) is 5.56. The van der Waals surface area contributed by atoms with Gasteiger partial charge in [-0.3, -0.25) is 4.90 Å². The zero-order chi connectivity index (χ0) is 26.7. The third kappa shape index (κ3) is 5.63. The van der Waals surface area contributed by atoms with Crippen molar-refractivity contribution >= 4 is 32.5 Å². The van der Waals surface area contributed by atoms with Crippen LogP contribution in [0.25, 0.3) is 10.9 Å². The summed E-state index contributed by atoms with van der Waals surface area (Å²) in [6.07, 6.45) is 6.78. The Balaban J connectivity index is 1.33. The SMILES string of the molecule is CCCN(CCCOc1cccc(Cl)c1)C1CCc2ccc3c(ccn3S(=O)(=O)c3ccc(C)cc3)c2C1. The Bertz CT molecular complexity index is 1510. The summed E-state index contributed by atoms with van der Waals surface area (Å²) in [6.45, 7) is 6.83. The topological polar surface area (TPSA) is 51.5 Å². The van der Waals surface area contributed by atoms with Crippen molar-refractivity contribution in [2.45, 2.75) is 56.9 Å². The molecule has 7 heteroatoms. The van der Waals surface area contributed by atoms with Crippen LogP contribution in [-0.2, 0) is 22.9 Å². The van der Waals surface area contributed by atoms with Crippen molar-refractivity contribution in [3.8, 4) is 5.75 Å². The fraction of sp³-hybridized carbons (Fsp3) is 0.355. The molecule has 0 saturated carbocycles. The van der Waals surface area contributed by atoms with E-state index in [2.05, 4.69) is 17.9 Å². The Morgan fingerprint density at radius 3 is 2.63 bits per heavy atom. The summed E-state index contributed by atoms with van der Waals surface area (Å²) >= 11 is 6.07. The average Bonchev–Trinajstić information content (AvgIpc) is 3.36. The second-order valence-electron chi connectivity index (χ2n) is 10.2. The van der Waals surface area contributed by atoms with Crippen LogP contribution in [0.5, 0.6) is 5.75 Å². The molecule has 1 aliphatic rings. The van der Waals surface area contributed by atoms with Crippen molar-refractivity contribution in [1.29, 1.82) is 0 Å². The Hall–Kier alpha value is -2.80. The van der Waals surface area contributed by atoms with Gasteiger partial charge in [0.1, 0.15) is 5.75 Å². The molecular formula is C31H35ClN2O3S. The van der Waals surface area contributed by atoms with Crippen molar-refractivity contribution < 1.29 is 13.2 Å². The smallest absolute Gasteiger partial charge is 0.268 e. The summed E-state index contributed by atoms with van der Waals surface area (Å²) in [6, 6.07) is 21.1. The second-order valence-corrected chi connectivity index (χ2v) is 12.4. The lowest BCUT2D eigenvalue weighted by Crippen LogP contribution is -2.41. The van der Waals surface area contributed by atoms with Gasteiger partial charge in [-0.15, -0.1) is 0 Å². The van der Waals surface area contributed by atoms with Crippen LogP contribution in [0.15, 0.2) is 77.8 Å². The molecule has 38 heavy (non-hydrogen) atoms. The van der Waals surface area contributed by atoms with Crippen molar-refractivity contribution in [2.75, 3.05) is 19.7 Å². The van der Waals surface area contributed by atoms with Crippen LogP contribution in [0.2, 0.25) is 5.02 Å². The highest BCUT2D eigenvalue weighted by atomic mass is 35.5. The van der Waals surface area contributed by atoms with Crippen LogP contribution >= 0.6 is 11.6 Å². The van der Waals surface area contributed by atoms with Gasteiger partial charge in [0.05, 0.1) is 17.0 Å². The standard InChI is InChI=1S/C31H35ClN2O3S/c1-3-17-33(18-5-20-37-27-7-4-6-25(32)21-27)26-12-10-24-11-15-31-29(30(24)22-26)16-19-34(31)38(35,36)28-13-8-23(2)9-14-28/h4,6-9,11,13-16,19,21,26H,3,5,10,12,17-18,20,22H2,1-2H3. The summed E-state index contributed by atoms with van der Waals surface area (Å²) in [5.74, 6) is 0.804. The molecule has 0 N–H and O–H groups in total. The first-order valence-electron chi connectivity index (χ1n) is 13.4. The van der Waals surface area contributed by atoms with Gasteiger partial charge in [0.25, 0.3) is 10.0 Å². The molecule has 0 amide bonds. The molecule has 1 atom stereocenters. The van der Waals surface area contributed by atoms with E-state index in [9.17, 15) is 8.42 Å². The summed E-state index contributed by atoms with van der Waals surface area (Å²) in [7, 11) is -3.66. The van der Waals surface area contributed by atoms with Crippen molar-refractivity contribution in [3.05, 3.63) is 94.6 Å². The molecule has 5 rings (SSSR count). The number of hydrogen-bond donors (Lipinski definition) is 0. The highest BCUT2D eigenvalue weighted by Crippen LogP contribution is 2.33. The van der Waals surface area contributed by atoms with Crippen LogP contribution in [0, 0.1) is 6.92 Å². The predicted octanol–water partition coefficient (Wildman–Crippen LogP) is 6.88. The van der Waals surface area contributed by atoms with Crippen LogP contribution in [0.3, 0.4) is 0 Å². The van der Waals surface area contributed by atoms with Gasteiger partial charge in [-0.2, -0.15) is 0 Å². The molecule has 0 aliphatic heterocycles. The minimum Gasteiger partial charge on any atom is -0.493 e. The highest BCUT2D eigenvalue weighted by molar-refractivity contribution is 7.90. The predicted molar refractivity (Wildman–Crippen MR) is 155 cm³/mol. The number of rotatable bonds is 10. The molecule has 1 unspecified atom stereocenters. The first-order valence-corrected chi connectivity index (χ1v) is 15.2. The summed E-state index contributed by atoms with van der Waals surface area (Å²) < 4.78 is 34.3. The Morgan fingerprint density at radius 1 is 1.05 bits per heavy atom. The molecule has 0 fully saturated rings. The lowest BCUT2D eigenvalue weighted by molar-refractivity contribution is 0.165. The van der Waals surface area contributed by atoms with Crippen molar-refractivity contribution in [1.82, 2.24) is 8.87 Å². The number of fused-ring (bicyclic) bond motifs is 3. The Labute approximate surface area is 231 Å². The Kier molecular flexibility index (Phi) is 8.12. The second kappa shape index (κ2) is 11.5. The van der Waals surface area contributed by atoms with Gasteiger partial charge in [-0.1, -0.05) is 48.4 Å². The largest absolute Gasteiger partial charge is 0.493 e. The first kappa shape index (κ1) is 26.8. The Morgan fingerprint density at radius 2 is 1.87 bits per heavy atom. The number of aromatic nitrogens is 1. The fourth-order valence-corrected chi connectivity index (χ4v) is 7.08. The molecule has 1 heterocycles. The number of nitrogens with zero attached hydrogens (tertiary/aromatic N) is 2. The molecular weight excluding hydrogens is 516 g/mol. The van der Waals surface area contributed by atoms with Crippen LogP contribution in [-0.4, -0.2) is 43.0 Å². The zero-order valence-corrected chi connectivity index (χ0v) is 23.6. The van der Waals surface area contributed by atoms with E-state index in [0.717, 1.165) is 67.4 Å². The van der Waals surface area contributed by atoms with E-state index >= 15 is 0 Å². The van der Waals surface area contributed by atoms with Crippen molar-refractivity contribution in [2.24, 2.45) is 0 Å². The number of aryl methyl sites for hydroxylation is 2. The van der Waals surface area contributed by atoms with E-state index in [1.165, 1.54) is 15.1 Å². The van der Waals surface area contributed by atoms with Gasteiger partial charge < -0.3 is 4.74 Å². The third-order valence-corrected chi connectivity index (χ3v) is 9.43. The first-order chi connectivity index (χ1) is 18.4. The normalized spacial score (nSPS) is 15.6. The summed E-state index contributed by atoms with van der Waals surface area (Å²) in [5.41, 5.74) is 4.41. The molecule has 3 aromatic carbocycles. The van der Waals surface area contributed by atoms with E-state index in [1.54, 1.807) is 18.3 Å². The van der Waals surface area contributed by atoms with Crippen molar-refractivity contribution in [3.63, 3.8) is 0 Å². The van der Waals surface area contributed by atoms with E-state index in [-0.39, 0.29) is 0 Å². The van der Waals surface area contributed by atoms with Gasteiger partial charge in [0.2, 0.25) is 0 Å². The lowest BCUT2D eigenvalue weighted by atomic mass is 9.85. The van der Waals surface area contributed by atoms with Gasteiger partial charge >= 0.3 is 0 Å². The van der Waals surface area contributed by atoms with Gasteiger partial charge in [0, 0.05) is 29.2 Å². The quantitative estimate of drug-likeness (QED) is 0.202. The molecule has 0 radical (unpaired) electrons. The number of halogens is 1. The highest BCUT2D eigenvalue weighted by Gasteiger charge is 2.27. The summed E-state index contributed by atoms with van der Waals surface area (Å²) in [5, 5.41) is 1.73. The molecule has 0 saturated heterocycles. The maximum atomic E-state index is 13.4. The zero-order valence-electron chi connectivity index (χ0n) is 22.1. The van der Waals surface area contributed by atoms with Gasteiger partial charge in [0.15, 0.2) is 0 Å². The number of benzene rings is 3. The van der Waals surface area contributed by atoms with Crippen LogP contribution < -0.4 is 4.74 Å². The minimum absolute atomic E-state index is 0.310. The molecule has 1 aromatic heterocycles. The molecule has 200 valence electrons. The summed E-state index contributed by atoms with van der Waals surface area (Å²) in [4.78, 5) is 2.90. The lowest BCUT2D eigenvalue weighted by Gasteiger charge is -2.35. The maximum Gasteiger partial charge on any atom is 0.268 e. The van der Waals surface area contributed by atoms with Crippen LogP contribution in [0.1, 0.15) is 42.9 Å². The number of hydrogen-bond acceptors (Lipinski definition) is 4.